The van der Waals surface area contributed by atoms with Crippen molar-refractivity contribution < 1.29 is 49.4 Å². The fourth-order valence-corrected chi connectivity index (χ4v) is 0. The van der Waals surface area contributed by atoms with E-state index < -0.39 is 11.8 Å². The maximum absolute atomic E-state index is 9.48. The van der Waals surface area contributed by atoms with Gasteiger partial charge in [0.15, 0.2) is 5.78 Å². The van der Waals surface area contributed by atoms with Gasteiger partial charge in [-0.15, -0.1) is 0 Å². The Morgan fingerprint density at radius 1 is 1.55 bits per heavy atom. The molecule has 0 aromatic heterocycles. The number of rotatable bonds is 2. The summed E-state index contributed by atoms with van der Waals surface area (Å²) in [5, 5.41) is 17.0. The molecule has 0 unspecified atom stereocenters. The summed E-state index contributed by atoms with van der Waals surface area (Å²) < 4.78 is 0. The molecule has 0 radical (unpaired) electrons. The zero-order valence-electron chi connectivity index (χ0n) is 6.53. The van der Waals surface area contributed by atoms with E-state index in [1.807, 2.05) is 0 Å². The van der Waals surface area contributed by atoms with Crippen molar-refractivity contribution in [3.63, 3.8) is 0 Å². The summed E-state index contributed by atoms with van der Waals surface area (Å²) in [5.41, 5.74) is 0. The number of hydrogen-bond donors (Lipinski definition) is 2. The van der Waals surface area contributed by atoms with Gasteiger partial charge in [-0.25, -0.2) is 0 Å². The molecule has 0 saturated heterocycles. The summed E-state index contributed by atoms with van der Waals surface area (Å²) in [4.78, 5) is 18.7. The third kappa shape index (κ3) is 25.1. The van der Waals surface area contributed by atoms with E-state index in [2.05, 4.69) is 12.6 Å². The Morgan fingerprint density at radius 2 is 1.73 bits per heavy atom. The number of carboxylic acids is 1. The quantitative estimate of drug-likeness (QED) is 0.259. The Kier molecular flexibility index (Phi) is 20.8. The van der Waals surface area contributed by atoms with Gasteiger partial charge in [0, 0.05) is 12.7 Å². The average molecular weight is 188 g/mol. The molecule has 0 atom stereocenters. The predicted molar refractivity (Wildman–Crippen MR) is 36.6 cm³/mol. The summed E-state index contributed by atoms with van der Waals surface area (Å²) in [6.07, 6.45) is 0. The summed E-state index contributed by atoms with van der Waals surface area (Å²) in [7, 11) is 0. The van der Waals surface area contributed by atoms with Crippen LogP contribution in [-0.2, 0) is 9.59 Å². The first-order chi connectivity index (χ1) is 4.56. The van der Waals surface area contributed by atoms with Crippen LogP contribution >= 0.6 is 12.6 Å². The zero-order valence-corrected chi connectivity index (χ0v) is 9.43. The van der Waals surface area contributed by atoms with Crippen LogP contribution < -0.4 is 34.7 Å². The second kappa shape index (κ2) is 13.1. The van der Waals surface area contributed by atoms with Gasteiger partial charge in [0.25, 0.3) is 0 Å². The Balaban J connectivity index is -0.000000114. The van der Waals surface area contributed by atoms with Crippen molar-refractivity contribution in [2.75, 3.05) is 12.4 Å². The molecule has 0 fully saturated rings. The molecule has 1 N–H and O–H groups in total. The van der Waals surface area contributed by atoms with Crippen LogP contribution in [0.5, 0.6) is 0 Å². The van der Waals surface area contributed by atoms with Crippen molar-refractivity contribution >= 4 is 24.4 Å². The van der Waals surface area contributed by atoms with E-state index in [9.17, 15) is 14.7 Å². The minimum atomic E-state index is -1.63. The van der Waals surface area contributed by atoms with E-state index in [4.69, 9.17) is 5.11 Å². The molecular formula is C5H9NaO4S. The Morgan fingerprint density at radius 3 is 1.73 bits per heavy atom. The second-order valence-corrected chi connectivity index (χ2v) is 1.74. The molecule has 0 aromatic carbocycles. The van der Waals surface area contributed by atoms with Crippen LogP contribution in [0.2, 0.25) is 0 Å². The average Bonchev–Trinajstić information content (AvgIpc) is 1.89. The molecule has 0 aliphatic rings. The predicted octanol–water partition coefficient (Wildman–Crippen LogP) is -4.76. The third-order valence-corrected chi connectivity index (χ3v) is 0.587. The largest absolute Gasteiger partial charge is 1.00 e. The van der Waals surface area contributed by atoms with Gasteiger partial charge in [-0.2, -0.15) is 12.6 Å². The molecule has 0 aliphatic carbocycles. The van der Waals surface area contributed by atoms with Crippen LogP contribution in [0, 0.1) is 0 Å². The maximum Gasteiger partial charge on any atom is 1.00 e. The first kappa shape index (κ1) is 17.5. The van der Waals surface area contributed by atoms with E-state index in [-0.39, 0.29) is 36.2 Å². The number of ketones is 1. The number of aliphatic hydroxyl groups excluding tert-OH is 1. The van der Waals surface area contributed by atoms with Crippen LogP contribution in [0.3, 0.4) is 0 Å². The fraction of sp³-hybridized carbons (Fsp3) is 0.600. The molecule has 0 bridgehead atoms. The van der Waals surface area contributed by atoms with Crippen molar-refractivity contribution in [1.29, 1.82) is 0 Å². The molecule has 0 heterocycles. The molecule has 0 saturated carbocycles. The molecule has 0 aromatic rings. The van der Waals surface area contributed by atoms with Crippen molar-refractivity contribution in [2.24, 2.45) is 0 Å². The number of thiol groups is 1. The van der Waals surface area contributed by atoms with Gasteiger partial charge in [-0.05, 0) is 0 Å². The number of Topliss-reactive ketones (excluding diaryl/α,β-unsaturated/α-hetero) is 1. The first-order valence-electron chi connectivity index (χ1n) is 2.49. The molecule has 60 valence electrons. The number of carboxylic acid groups (broad SMARTS) is 1. The van der Waals surface area contributed by atoms with Gasteiger partial charge in [0.2, 0.25) is 0 Å². The van der Waals surface area contributed by atoms with Crippen molar-refractivity contribution in [2.45, 2.75) is 6.92 Å². The first-order valence-corrected chi connectivity index (χ1v) is 3.13. The fourth-order valence-electron chi connectivity index (χ4n) is 0. The third-order valence-electron chi connectivity index (χ3n) is 0.387. The smallest absolute Gasteiger partial charge is 0.542 e. The van der Waals surface area contributed by atoms with E-state index in [0.29, 0.717) is 5.75 Å². The van der Waals surface area contributed by atoms with E-state index in [0.717, 1.165) is 6.92 Å². The number of aliphatic hydroxyl groups is 1. The molecule has 0 amide bonds. The second-order valence-electron chi connectivity index (χ2n) is 1.29. The van der Waals surface area contributed by atoms with Gasteiger partial charge in [0.1, 0.15) is 5.97 Å². The van der Waals surface area contributed by atoms with E-state index in [1.54, 1.807) is 0 Å². The standard InChI is InChI=1S/C3H4O3.C2H6OS.Na/c1-2(4)3(5)6;3-1-2-4;/h1H3,(H,5,6);3-4H,1-2H2;/q;;+1/p-1. The Labute approximate surface area is 92.7 Å². The molecule has 0 rings (SSSR count). The van der Waals surface area contributed by atoms with Gasteiger partial charge in [-0.1, -0.05) is 0 Å². The van der Waals surface area contributed by atoms with Crippen LogP contribution in [0.25, 0.3) is 0 Å². The maximum atomic E-state index is 9.48. The van der Waals surface area contributed by atoms with Gasteiger partial charge in [0.05, 0.1) is 6.61 Å². The minimum absolute atomic E-state index is 0. The SMILES string of the molecule is CC(=O)C(=O)[O-].OCCS.[Na+]. The summed E-state index contributed by atoms with van der Waals surface area (Å²) >= 11 is 3.67. The molecule has 6 heteroatoms. The molecular weight excluding hydrogens is 179 g/mol. The number of carbonyl (C=O) groups excluding carboxylic acids is 2. The minimum Gasteiger partial charge on any atom is -0.542 e. The normalized spacial score (nSPS) is 6.82. The van der Waals surface area contributed by atoms with E-state index in [1.165, 1.54) is 0 Å². The van der Waals surface area contributed by atoms with Crippen LogP contribution in [0.4, 0.5) is 0 Å². The van der Waals surface area contributed by atoms with Gasteiger partial charge < -0.3 is 15.0 Å². The number of hydrogen-bond acceptors (Lipinski definition) is 5. The van der Waals surface area contributed by atoms with Gasteiger partial charge in [-0.3, -0.25) is 4.79 Å². The summed E-state index contributed by atoms with van der Waals surface area (Å²) in [6.45, 7) is 1.12. The Bertz CT molecular complexity index is 103. The topological polar surface area (TPSA) is 77.4 Å². The Hall–Kier alpha value is 0.450. The van der Waals surface area contributed by atoms with Crippen LogP contribution in [-0.4, -0.2) is 29.2 Å². The van der Waals surface area contributed by atoms with Gasteiger partial charge >= 0.3 is 29.6 Å². The molecule has 0 spiro atoms. The van der Waals surface area contributed by atoms with Crippen LogP contribution in [0.1, 0.15) is 6.92 Å². The zero-order chi connectivity index (χ0) is 8.57. The monoisotopic (exact) mass is 188 g/mol. The van der Waals surface area contributed by atoms with E-state index >= 15 is 0 Å². The molecule has 0 aliphatic heterocycles. The van der Waals surface area contributed by atoms with Crippen LogP contribution in [0.15, 0.2) is 0 Å². The van der Waals surface area contributed by atoms with Crippen molar-refractivity contribution in [3.8, 4) is 0 Å². The molecule has 4 nitrogen and oxygen atoms in total. The van der Waals surface area contributed by atoms with Crippen molar-refractivity contribution in [1.82, 2.24) is 0 Å². The van der Waals surface area contributed by atoms with Crippen molar-refractivity contribution in [3.05, 3.63) is 0 Å². The summed E-state index contributed by atoms with van der Waals surface area (Å²) in [6, 6.07) is 0. The number of carbonyl (C=O) groups is 2. The molecule has 11 heavy (non-hydrogen) atoms. The summed E-state index contributed by atoms with van der Waals surface area (Å²) in [5.74, 6) is -2.00. The number of aliphatic carboxylic acids is 1.